The molecule has 0 bridgehead atoms. The Labute approximate surface area is 141 Å². The largest absolute Gasteiger partial charge is 0.460 e. The van der Waals surface area contributed by atoms with Gasteiger partial charge >= 0.3 is 5.97 Å². The van der Waals surface area contributed by atoms with E-state index in [1.165, 1.54) is 12.1 Å². The Hall–Kier alpha value is -2.21. The quantitative estimate of drug-likeness (QED) is 0.447. The lowest BCUT2D eigenvalue weighted by Gasteiger charge is -2.15. The first-order valence-electron chi connectivity index (χ1n) is 7.18. The number of carbonyl (C=O) groups excluding carboxylic acids is 1. The molecule has 0 unspecified atom stereocenters. The van der Waals surface area contributed by atoms with Gasteiger partial charge in [0.05, 0.1) is 10.3 Å². The second-order valence-corrected chi connectivity index (χ2v) is 6.51. The zero-order valence-electron chi connectivity index (χ0n) is 12.2. The molecule has 23 heavy (non-hydrogen) atoms. The number of nitro benzene ring substituents is 1. The van der Waals surface area contributed by atoms with E-state index in [1.54, 1.807) is 12.1 Å². The minimum atomic E-state index is -0.554. The molecule has 0 atom stereocenters. The van der Waals surface area contributed by atoms with Crippen LogP contribution in [-0.2, 0) is 21.6 Å². The standard InChI is InChI=1S/C17H14BrNO4/c18-14-6-4-13(5-7-14)17(8-9-17)16(20)23-11-12-2-1-3-15(10-12)19(21)22/h1-7,10H,8-9,11H2. The van der Waals surface area contributed by atoms with Gasteiger partial charge in [-0.1, -0.05) is 40.2 Å². The molecule has 6 heteroatoms. The third-order valence-corrected chi connectivity index (χ3v) is 4.56. The van der Waals surface area contributed by atoms with Crippen molar-refractivity contribution < 1.29 is 14.5 Å². The second-order valence-electron chi connectivity index (χ2n) is 5.59. The van der Waals surface area contributed by atoms with E-state index in [2.05, 4.69) is 15.9 Å². The molecule has 1 saturated carbocycles. The zero-order valence-corrected chi connectivity index (χ0v) is 13.8. The summed E-state index contributed by atoms with van der Waals surface area (Å²) in [6.45, 7) is 0.0405. The number of rotatable bonds is 5. The molecule has 0 radical (unpaired) electrons. The summed E-state index contributed by atoms with van der Waals surface area (Å²) in [5.41, 5.74) is 0.998. The molecule has 118 valence electrons. The molecule has 1 fully saturated rings. The molecular formula is C17H14BrNO4. The highest BCUT2D eigenvalue weighted by Crippen LogP contribution is 2.49. The van der Waals surface area contributed by atoms with Gasteiger partial charge in [0.25, 0.3) is 5.69 Å². The van der Waals surface area contributed by atoms with Crippen LogP contribution in [0.25, 0.3) is 0 Å². The molecule has 0 saturated heterocycles. The predicted octanol–water partition coefficient (Wildman–Crippen LogP) is 4.13. The lowest BCUT2D eigenvalue weighted by molar-refractivity contribution is -0.384. The van der Waals surface area contributed by atoms with Crippen LogP contribution in [0.5, 0.6) is 0 Å². The minimum absolute atomic E-state index is 0.00686. The van der Waals surface area contributed by atoms with Crippen LogP contribution in [0.3, 0.4) is 0 Å². The normalized spacial score (nSPS) is 15.0. The van der Waals surface area contributed by atoms with Crippen molar-refractivity contribution in [3.63, 3.8) is 0 Å². The number of non-ortho nitro benzene ring substituents is 1. The van der Waals surface area contributed by atoms with Crippen molar-refractivity contribution in [2.45, 2.75) is 24.9 Å². The van der Waals surface area contributed by atoms with Gasteiger partial charge in [0, 0.05) is 16.6 Å². The van der Waals surface area contributed by atoms with Gasteiger partial charge in [-0.3, -0.25) is 14.9 Å². The molecule has 1 aliphatic rings. The van der Waals surface area contributed by atoms with Crippen molar-refractivity contribution in [1.82, 2.24) is 0 Å². The average Bonchev–Trinajstić information content (AvgIpc) is 3.35. The molecule has 2 aromatic rings. The third-order valence-electron chi connectivity index (χ3n) is 4.03. The summed E-state index contributed by atoms with van der Waals surface area (Å²) < 4.78 is 6.36. The molecular weight excluding hydrogens is 362 g/mol. The maximum absolute atomic E-state index is 12.4. The van der Waals surface area contributed by atoms with Crippen LogP contribution >= 0.6 is 15.9 Å². The number of hydrogen-bond acceptors (Lipinski definition) is 4. The minimum Gasteiger partial charge on any atom is -0.460 e. The first kappa shape index (κ1) is 15.7. The number of carbonyl (C=O) groups is 1. The molecule has 3 rings (SSSR count). The van der Waals surface area contributed by atoms with Crippen LogP contribution in [0.1, 0.15) is 24.0 Å². The fourth-order valence-corrected chi connectivity index (χ4v) is 2.82. The summed E-state index contributed by atoms with van der Waals surface area (Å²) >= 11 is 3.38. The van der Waals surface area contributed by atoms with Crippen LogP contribution in [0.15, 0.2) is 53.0 Å². The van der Waals surface area contributed by atoms with Crippen LogP contribution in [0, 0.1) is 10.1 Å². The Morgan fingerprint density at radius 3 is 2.52 bits per heavy atom. The number of nitrogens with zero attached hydrogens (tertiary/aromatic N) is 1. The summed E-state index contributed by atoms with van der Waals surface area (Å²) in [5, 5.41) is 10.8. The van der Waals surface area contributed by atoms with Gasteiger partial charge in [-0.05, 0) is 36.1 Å². The van der Waals surface area contributed by atoms with E-state index in [-0.39, 0.29) is 18.3 Å². The van der Waals surface area contributed by atoms with Gasteiger partial charge in [0.2, 0.25) is 0 Å². The molecule has 0 aromatic heterocycles. The molecule has 0 spiro atoms. The predicted molar refractivity (Wildman–Crippen MR) is 87.9 cm³/mol. The molecule has 0 amide bonds. The smallest absolute Gasteiger partial charge is 0.316 e. The van der Waals surface area contributed by atoms with Crippen LogP contribution in [-0.4, -0.2) is 10.9 Å². The Kier molecular flexibility index (Phi) is 4.17. The molecule has 5 nitrogen and oxygen atoms in total. The van der Waals surface area contributed by atoms with E-state index in [1.807, 2.05) is 24.3 Å². The van der Waals surface area contributed by atoms with Crippen molar-refractivity contribution >= 4 is 27.6 Å². The zero-order chi connectivity index (χ0) is 16.4. The molecule has 2 aromatic carbocycles. The van der Waals surface area contributed by atoms with E-state index in [0.29, 0.717) is 5.56 Å². The third kappa shape index (κ3) is 3.27. The summed E-state index contributed by atoms with van der Waals surface area (Å²) in [4.78, 5) is 22.7. The van der Waals surface area contributed by atoms with Gasteiger partial charge in [-0.25, -0.2) is 0 Å². The maximum Gasteiger partial charge on any atom is 0.316 e. The second kappa shape index (κ2) is 6.12. The van der Waals surface area contributed by atoms with E-state index in [0.717, 1.165) is 22.9 Å². The topological polar surface area (TPSA) is 69.4 Å². The highest BCUT2D eigenvalue weighted by Gasteiger charge is 2.52. The summed E-state index contributed by atoms with van der Waals surface area (Å²) in [6.07, 6.45) is 1.53. The van der Waals surface area contributed by atoms with Crippen LogP contribution in [0.2, 0.25) is 0 Å². The number of ether oxygens (including phenoxy) is 1. The van der Waals surface area contributed by atoms with Gasteiger partial charge in [0.1, 0.15) is 6.61 Å². The summed E-state index contributed by atoms with van der Waals surface area (Å²) in [7, 11) is 0. The summed E-state index contributed by atoms with van der Waals surface area (Å²) in [6, 6.07) is 13.8. The van der Waals surface area contributed by atoms with Crippen LogP contribution < -0.4 is 0 Å². The van der Waals surface area contributed by atoms with Crippen molar-refractivity contribution in [2.24, 2.45) is 0 Å². The molecule has 1 aliphatic carbocycles. The number of benzene rings is 2. The van der Waals surface area contributed by atoms with Crippen molar-refractivity contribution in [3.8, 4) is 0 Å². The Morgan fingerprint density at radius 1 is 1.22 bits per heavy atom. The maximum atomic E-state index is 12.4. The first-order chi connectivity index (χ1) is 11.0. The van der Waals surface area contributed by atoms with Gasteiger partial charge in [-0.2, -0.15) is 0 Å². The van der Waals surface area contributed by atoms with Gasteiger partial charge in [0.15, 0.2) is 0 Å². The fourth-order valence-electron chi connectivity index (χ4n) is 2.55. The van der Waals surface area contributed by atoms with E-state index >= 15 is 0 Å². The highest BCUT2D eigenvalue weighted by atomic mass is 79.9. The molecule has 0 heterocycles. The van der Waals surface area contributed by atoms with Crippen LogP contribution in [0.4, 0.5) is 5.69 Å². The van der Waals surface area contributed by atoms with E-state index in [4.69, 9.17) is 4.74 Å². The number of nitro groups is 1. The fraction of sp³-hybridized carbons (Fsp3) is 0.235. The van der Waals surface area contributed by atoms with Gasteiger partial charge in [-0.15, -0.1) is 0 Å². The monoisotopic (exact) mass is 375 g/mol. The Bertz CT molecular complexity index is 753. The molecule has 0 aliphatic heterocycles. The van der Waals surface area contributed by atoms with E-state index < -0.39 is 10.3 Å². The molecule has 0 N–H and O–H groups in total. The van der Waals surface area contributed by atoms with Gasteiger partial charge < -0.3 is 4.74 Å². The Balaban J connectivity index is 1.69. The lowest BCUT2D eigenvalue weighted by atomic mass is 9.96. The summed E-state index contributed by atoms with van der Waals surface area (Å²) in [5.74, 6) is -0.272. The SMILES string of the molecule is O=C(OCc1cccc([N+](=O)[O-])c1)C1(c2ccc(Br)cc2)CC1. The highest BCUT2D eigenvalue weighted by molar-refractivity contribution is 9.10. The number of esters is 1. The number of halogens is 1. The first-order valence-corrected chi connectivity index (χ1v) is 7.97. The van der Waals surface area contributed by atoms with Crippen molar-refractivity contribution in [2.75, 3.05) is 0 Å². The van der Waals surface area contributed by atoms with E-state index in [9.17, 15) is 14.9 Å². The Morgan fingerprint density at radius 2 is 1.91 bits per heavy atom. The number of hydrogen-bond donors (Lipinski definition) is 0. The lowest BCUT2D eigenvalue weighted by Crippen LogP contribution is -2.23. The van der Waals surface area contributed by atoms with Crippen molar-refractivity contribution in [1.29, 1.82) is 0 Å². The van der Waals surface area contributed by atoms with Crippen molar-refractivity contribution in [3.05, 3.63) is 74.2 Å². The average molecular weight is 376 g/mol.